The molecule has 29 heavy (non-hydrogen) atoms. The van der Waals surface area contributed by atoms with Gasteiger partial charge in [0.25, 0.3) is 0 Å². The van der Waals surface area contributed by atoms with Crippen LogP contribution in [0.1, 0.15) is 26.2 Å². The van der Waals surface area contributed by atoms with Gasteiger partial charge in [-0.25, -0.2) is 4.98 Å². The molecule has 3 heterocycles. The van der Waals surface area contributed by atoms with Crippen LogP contribution in [0.4, 0.5) is 17.2 Å². The lowest BCUT2D eigenvalue weighted by atomic mass is 10.1. The number of amides is 1. The van der Waals surface area contributed by atoms with Crippen LogP contribution in [0.15, 0.2) is 48.7 Å². The highest BCUT2D eigenvalue weighted by molar-refractivity contribution is 5.94. The van der Waals surface area contributed by atoms with Crippen molar-refractivity contribution in [1.82, 2.24) is 9.88 Å². The van der Waals surface area contributed by atoms with Crippen molar-refractivity contribution in [1.29, 1.82) is 0 Å². The first-order valence-corrected chi connectivity index (χ1v) is 10.8. The summed E-state index contributed by atoms with van der Waals surface area (Å²) in [4.78, 5) is 24.1. The van der Waals surface area contributed by atoms with Crippen LogP contribution < -0.4 is 15.1 Å². The summed E-state index contributed by atoms with van der Waals surface area (Å²) in [5, 5.41) is 3.09. The second kappa shape index (κ2) is 9.27. The van der Waals surface area contributed by atoms with Gasteiger partial charge in [-0.15, -0.1) is 0 Å². The quantitative estimate of drug-likeness (QED) is 0.845. The molecule has 154 valence electrons. The Kier molecular flexibility index (Phi) is 6.30. The van der Waals surface area contributed by atoms with E-state index in [1.807, 2.05) is 43.5 Å². The second-order valence-electron chi connectivity index (χ2n) is 7.97. The minimum Gasteiger partial charge on any atom is -0.372 e. The van der Waals surface area contributed by atoms with E-state index in [0.717, 1.165) is 50.8 Å². The van der Waals surface area contributed by atoms with Crippen LogP contribution in [0.2, 0.25) is 0 Å². The molecule has 2 aromatic rings. The molecule has 0 saturated carbocycles. The first-order chi connectivity index (χ1) is 14.2. The molecule has 2 fully saturated rings. The summed E-state index contributed by atoms with van der Waals surface area (Å²) in [5.74, 6) is 1.07. The van der Waals surface area contributed by atoms with Gasteiger partial charge >= 0.3 is 0 Å². The Balaban J connectivity index is 1.28. The molecular weight excluding hydrogens is 362 g/mol. The van der Waals surface area contributed by atoms with E-state index in [-0.39, 0.29) is 11.9 Å². The maximum Gasteiger partial charge on any atom is 0.241 e. The molecule has 6 nitrogen and oxygen atoms in total. The molecule has 0 aliphatic carbocycles. The molecule has 4 rings (SSSR count). The normalized spacial score (nSPS) is 19.1. The molecule has 0 radical (unpaired) electrons. The zero-order valence-electron chi connectivity index (χ0n) is 17.3. The van der Waals surface area contributed by atoms with E-state index in [2.05, 4.69) is 37.1 Å². The summed E-state index contributed by atoms with van der Waals surface area (Å²) >= 11 is 0. The van der Waals surface area contributed by atoms with E-state index >= 15 is 0 Å². The second-order valence-corrected chi connectivity index (χ2v) is 7.97. The van der Waals surface area contributed by atoms with Gasteiger partial charge in [-0.05, 0) is 62.6 Å². The third kappa shape index (κ3) is 4.88. The van der Waals surface area contributed by atoms with E-state index in [1.165, 1.54) is 24.9 Å². The van der Waals surface area contributed by atoms with Crippen LogP contribution in [0.3, 0.4) is 0 Å². The van der Waals surface area contributed by atoms with Crippen LogP contribution >= 0.6 is 0 Å². The van der Waals surface area contributed by atoms with E-state index in [0.29, 0.717) is 0 Å². The summed E-state index contributed by atoms with van der Waals surface area (Å²) in [6, 6.07) is 14.1. The van der Waals surface area contributed by atoms with Gasteiger partial charge in [-0.2, -0.15) is 0 Å². The average Bonchev–Trinajstić information content (AvgIpc) is 2.80. The first-order valence-electron chi connectivity index (χ1n) is 10.8. The molecular formula is C23H31N5O. The molecule has 1 N–H and O–H groups in total. The standard InChI is InChI=1S/C23H31N5O/c1-19(26-15-17-28(18-16-26)22-7-3-4-12-24-22)23(29)25-20-8-10-21(11-9-20)27-13-5-2-6-14-27/h3-4,7-12,19H,2,5-6,13-18H2,1H3,(H,25,29). The molecule has 6 heteroatoms. The molecule has 2 aliphatic rings. The van der Waals surface area contributed by atoms with E-state index < -0.39 is 0 Å². The molecule has 0 bridgehead atoms. The number of piperidine rings is 1. The van der Waals surface area contributed by atoms with Crippen molar-refractivity contribution in [3.63, 3.8) is 0 Å². The fourth-order valence-corrected chi connectivity index (χ4v) is 4.20. The zero-order chi connectivity index (χ0) is 20.1. The van der Waals surface area contributed by atoms with Crippen molar-refractivity contribution in [2.45, 2.75) is 32.2 Å². The Morgan fingerprint density at radius 1 is 0.897 bits per heavy atom. The summed E-state index contributed by atoms with van der Waals surface area (Å²) in [6.07, 6.45) is 5.69. The van der Waals surface area contributed by atoms with Crippen molar-refractivity contribution in [3.8, 4) is 0 Å². The predicted octanol–water partition coefficient (Wildman–Crippen LogP) is 3.22. The monoisotopic (exact) mass is 393 g/mol. The third-order valence-corrected chi connectivity index (χ3v) is 6.07. The molecule has 1 aromatic heterocycles. The number of carbonyl (C=O) groups is 1. The van der Waals surface area contributed by atoms with Gasteiger partial charge < -0.3 is 15.1 Å². The number of nitrogens with one attached hydrogen (secondary N) is 1. The summed E-state index contributed by atoms with van der Waals surface area (Å²) in [7, 11) is 0. The fourth-order valence-electron chi connectivity index (χ4n) is 4.20. The predicted molar refractivity (Wildman–Crippen MR) is 119 cm³/mol. The van der Waals surface area contributed by atoms with Crippen LogP contribution in [0.25, 0.3) is 0 Å². The lowest BCUT2D eigenvalue weighted by Gasteiger charge is -2.38. The van der Waals surface area contributed by atoms with Crippen molar-refractivity contribution < 1.29 is 4.79 Å². The Hall–Kier alpha value is -2.60. The van der Waals surface area contributed by atoms with Crippen LogP contribution in [0, 0.1) is 0 Å². The smallest absolute Gasteiger partial charge is 0.241 e. The van der Waals surface area contributed by atoms with Crippen LogP contribution in [0.5, 0.6) is 0 Å². The van der Waals surface area contributed by atoms with Crippen molar-refractivity contribution in [2.75, 3.05) is 54.4 Å². The summed E-state index contributed by atoms with van der Waals surface area (Å²) < 4.78 is 0. The van der Waals surface area contributed by atoms with Crippen molar-refractivity contribution in [2.24, 2.45) is 0 Å². The maximum atomic E-state index is 12.8. The lowest BCUT2D eigenvalue weighted by molar-refractivity contribution is -0.120. The highest BCUT2D eigenvalue weighted by Crippen LogP contribution is 2.22. The number of hydrogen-bond acceptors (Lipinski definition) is 5. The number of pyridine rings is 1. The fraction of sp³-hybridized carbons (Fsp3) is 0.478. The summed E-state index contributed by atoms with van der Waals surface area (Å²) in [5.41, 5.74) is 2.12. The Bertz CT molecular complexity index is 781. The number of hydrogen-bond donors (Lipinski definition) is 1. The van der Waals surface area contributed by atoms with Gasteiger partial charge in [0, 0.05) is 56.8 Å². The van der Waals surface area contributed by atoms with E-state index in [1.54, 1.807) is 0 Å². The number of benzene rings is 1. The number of anilines is 3. The first kappa shape index (κ1) is 19.7. The topological polar surface area (TPSA) is 51.7 Å². The van der Waals surface area contributed by atoms with E-state index in [9.17, 15) is 4.79 Å². The van der Waals surface area contributed by atoms with Gasteiger partial charge in [0.2, 0.25) is 5.91 Å². The van der Waals surface area contributed by atoms with Crippen molar-refractivity contribution >= 4 is 23.1 Å². The highest BCUT2D eigenvalue weighted by atomic mass is 16.2. The maximum absolute atomic E-state index is 12.8. The molecule has 1 unspecified atom stereocenters. The minimum absolute atomic E-state index is 0.0574. The third-order valence-electron chi connectivity index (χ3n) is 6.07. The molecule has 1 amide bonds. The lowest BCUT2D eigenvalue weighted by Crippen LogP contribution is -2.53. The number of aromatic nitrogens is 1. The Morgan fingerprint density at radius 3 is 2.28 bits per heavy atom. The Morgan fingerprint density at radius 2 is 1.62 bits per heavy atom. The average molecular weight is 394 g/mol. The minimum atomic E-state index is -0.150. The van der Waals surface area contributed by atoms with Gasteiger partial charge in [-0.3, -0.25) is 9.69 Å². The van der Waals surface area contributed by atoms with Gasteiger partial charge in [0.05, 0.1) is 6.04 Å². The number of rotatable bonds is 5. The molecule has 0 spiro atoms. The SMILES string of the molecule is CC(C(=O)Nc1ccc(N2CCCCC2)cc1)N1CCN(c2ccccn2)CC1. The zero-order valence-corrected chi connectivity index (χ0v) is 17.3. The van der Waals surface area contributed by atoms with E-state index in [4.69, 9.17) is 0 Å². The number of piperazine rings is 1. The summed E-state index contributed by atoms with van der Waals surface area (Å²) in [6.45, 7) is 7.75. The van der Waals surface area contributed by atoms with Crippen molar-refractivity contribution in [3.05, 3.63) is 48.7 Å². The van der Waals surface area contributed by atoms with Crippen LogP contribution in [-0.4, -0.2) is 61.1 Å². The molecule has 2 aliphatic heterocycles. The Labute approximate surface area is 173 Å². The largest absolute Gasteiger partial charge is 0.372 e. The number of nitrogens with zero attached hydrogens (tertiary/aromatic N) is 4. The molecule has 1 aromatic carbocycles. The van der Waals surface area contributed by atoms with Gasteiger partial charge in [-0.1, -0.05) is 6.07 Å². The van der Waals surface area contributed by atoms with Gasteiger partial charge in [0.15, 0.2) is 0 Å². The highest BCUT2D eigenvalue weighted by Gasteiger charge is 2.26. The number of carbonyl (C=O) groups excluding carboxylic acids is 1. The van der Waals surface area contributed by atoms with Crippen LogP contribution in [-0.2, 0) is 4.79 Å². The molecule has 2 saturated heterocycles. The molecule has 1 atom stereocenters. The van der Waals surface area contributed by atoms with Gasteiger partial charge in [0.1, 0.15) is 5.82 Å².